The number of anilines is 1. The van der Waals surface area contributed by atoms with E-state index in [2.05, 4.69) is 39.7 Å². The van der Waals surface area contributed by atoms with Crippen molar-refractivity contribution in [2.75, 3.05) is 12.4 Å². The summed E-state index contributed by atoms with van der Waals surface area (Å²) in [7, 11) is 1.22. The van der Waals surface area contributed by atoms with Crippen LogP contribution in [0, 0.1) is 0 Å². The fraction of sp³-hybridized carbons (Fsp3) is 0.188. The summed E-state index contributed by atoms with van der Waals surface area (Å²) in [6.07, 6.45) is -2.12. The Morgan fingerprint density at radius 1 is 1.13 bits per heavy atom. The first-order chi connectivity index (χ1) is 14.3. The van der Waals surface area contributed by atoms with Gasteiger partial charge in [-0.05, 0) is 6.07 Å². The molecule has 3 aromatic heterocycles. The van der Waals surface area contributed by atoms with Crippen LogP contribution in [-0.4, -0.2) is 44.3 Å². The molecule has 0 spiro atoms. The van der Waals surface area contributed by atoms with Crippen molar-refractivity contribution in [3.8, 4) is 11.4 Å². The van der Waals surface area contributed by atoms with Gasteiger partial charge in [0, 0.05) is 24.2 Å². The van der Waals surface area contributed by atoms with Gasteiger partial charge in [0.1, 0.15) is 12.3 Å². The normalized spacial score (nSPS) is 11.1. The maximum atomic E-state index is 12.5. The smallest absolute Gasteiger partial charge is 0.464 e. The van der Waals surface area contributed by atoms with Crippen molar-refractivity contribution < 1.29 is 36.8 Å². The van der Waals surface area contributed by atoms with Crippen molar-refractivity contribution in [2.45, 2.75) is 12.8 Å². The molecule has 0 saturated carbocycles. The van der Waals surface area contributed by atoms with Gasteiger partial charge in [0.15, 0.2) is 0 Å². The van der Waals surface area contributed by atoms with Crippen LogP contribution in [-0.2, 0) is 22.3 Å². The highest BCUT2D eigenvalue weighted by Gasteiger charge is 2.38. The van der Waals surface area contributed by atoms with Gasteiger partial charge in [-0.2, -0.15) is 18.2 Å². The second kappa shape index (κ2) is 8.50. The summed E-state index contributed by atoms with van der Waals surface area (Å²) in [5.74, 6) is -2.63. The maximum absolute atomic E-state index is 12.5. The Morgan fingerprint density at radius 3 is 2.43 bits per heavy atom. The van der Waals surface area contributed by atoms with Crippen molar-refractivity contribution in [3.63, 3.8) is 0 Å². The molecule has 0 unspecified atom stereocenters. The number of ether oxygens (including phenoxy) is 2. The van der Waals surface area contributed by atoms with Gasteiger partial charge in [0.2, 0.25) is 11.8 Å². The standard InChI is InChI=1S/C16H11F3N6O5/c1-28-12(26)10-3-2-8(4-20-10)7-29-15(27)24-14-21-5-9(6-22-14)11-23-13(30-25-11)16(17,18)19/h2-6H,7H2,1H3,(H,21,22,24,27). The van der Waals surface area contributed by atoms with Crippen LogP contribution in [0.2, 0.25) is 0 Å². The highest BCUT2D eigenvalue weighted by Crippen LogP contribution is 2.29. The van der Waals surface area contributed by atoms with E-state index >= 15 is 0 Å². The van der Waals surface area contributed by atoms with E-state index in [0.717, 1.165) is 12.4 Å². The van der Waals surface area contributed by atoms with Gasteiger partial charge in [-0.15, -0.1) is 0 Å². The number of carbonyl (C=O) groups is 2. The lowest BCUT2D eigenvalue weighted by atomic mass is 10.2. The summed E-state index contributed by atoms with van der Waals surface area (Å²) >= 11 is 0. The second-order valence-corrected chi connectivity index (χ2v) is 5.46. The molecule has 11 nitrogen and oxygen atoms in total. The first-order valence-corrected chi connectivity index (χ1v) is 7.96. The van der Waals surface area contributed by atoms with Gasteiger partial charge in [-0.1, -0.05) is 11.2 Å². The van der Waals surface area contributed by atoms with Crippen LogP contribution in [0.1, 0.15) is 21.9 Å². The first-order valence-electron chi connectivity index (χ1n) is 7.96. The Balaban J connectivity index is 1.54. The SMILES string of the molecule is COC(=O)c1ccc(COC(=O)Nc2ncc(-c3noc(C(F)(F)F)n3)cn2)cn1. The Bertz CT molecular complexity index is 1040. The predicted octanol–water partition coefficient (Wildman–Crippen LogP) is 2.48. The van der Waals surface area contributed by atoms with Crippen LogP contribution in [0.4, 0.5) is 23.9 Å². The summed E-state index contributed by atoms with van der Waals surface area (Å²) in [6.45, 7) is -0.151. The summed E-state index contributed by atoms with van der Waals surface area (Å²) in [5.41, 5.74) is 0.653. The molecule has 1 N–H and O–H groups in total. The molecule has 0 atom stereocenters. The van der Waals surface area contributed by atoms with Crippen LogP contribution >= 0.6 is 0 Å². The highest BCUT2D eigenvalue weighted by molar-refractivity contribution is 5.87. The third-order valence-electron chi connectivity index (χ3n) is 3.38. The van der Waals surface area contributed by atoms with E-state index in [-0.39, 0.29) is 29.6 Å². The lowest BCUT2D eigenvalue weighted by molar-refractivity contribution is -0.159. The number of halogens is 3. The molecule has 0 aliphatic carbocycles. The molecule has 14 heteroatoms. The van der Waals surface area contributed by atoms with Gasteiger partial charge in [0.05, 0.1) is 12.7 Å². The van der Waals surface area contributed by atoms with Crippen molar-refractivity contribution in [1.29, 1.82) is 0 Å². The van der Waals surface area contributed by atoms with Gasteiger partial charge in [0.25, 0.3) is 0 Å². The average molecular weight is 424 g/mol. The molecule has 30 heavy (non-hydrogen) atoms. The third kappa shape index (κ3) is 5.03. The average Bonchev–Trinajstić information content (AvgIpc) is 3.23. The number of aromatic nitrogens is 5. The van der Waals surface area contributed by atoms with E-state index in [4.69, 9.17) is 4.74 Å². The quantitative estimate of drug-likeness (QED) is 0.607. The van der Waals surface area contributed by atoms with Crippen LogP contribution in [0.25, 0.3) is 11.4 Å². The van der Waals surface area contributed by atoms with E-state index in [9.17, 15) is 22.8 Å². The number of hydrogen-bond acceptors (Lipinski definition) is 10. The molecule has 3 heterocycles. The second-order valence-electron chi connectivity index (χ2n) is 5.46. The molecule has 0 aromatic carbocycles. The summed E-state index contributed by atoms with van der Waals surface area (Å²) in [4.78, 5) is 37.7. The molecule has 0 bridgehead atoms. The minimum Gasteiger partial charge on any atom is -0.464 e. The summed E-state index contributed by atoms with van der Waals surface area (Å²) in [6, 6.07) is 2.93. The number of alkyl halides is 3. The Kier molecular flexibility index (Phi) is 5.85. The fourth-order valence-corrected chi connectivity index (χ4v) is 1.98. The van der Waals surface area contributed by atoms with Gasteiger partial charge in [-0.3, -0.25) is 5.32 Å². The molecule has 0 saturated heterocycles. The molecule has 1 amide bonds. The largest absolute Gasteiger partial charge is 0.471 e. The first kappa shape index (κ1) is 20.6. The third-order valence-corrected chi connectivity index (χ3v) is 3.38. The number of rotatable bonds is 5. The van der Waals surface area contributed by atoms with E-state index in [0.29, 0.717) is 5.56 Å². The van der Waals surface area contributed by atoms with E-state index < -0.39 is 24.1 Å². The Hall–Kier alpha value is -4.10. The minimum absolute atomic E-state index is 0.0462. The zero-order valence-electron chi connectivity index (χ0n) is 15.0. The molecular weight excluding hydrogens is 413 g/mol. The zero-order valence-corrected chi connectivity index (χ0v) is 15.0. The molecule has 0 aliphatic heterocycles. The number of pyridine rings is 1. The fourth-order valence-electron chi connectivity index (χ4n) is 1.98. The molecule has 0 fully saturated rings. The highest BCUT2D eigenvalue weighted by atomic mass is 19.4. The van der Waals surface area contributed by atoms with Crippen LogP contribution in [0.5, 0.6) is 0 Å². The molecular formula is C16H11F3N6O5. The van der Waals surface area contributed by atoms with E-state index in [1.165, 1.54) is 25.4 Å². The molecule has 156 valence electrons. The van der Waals surface area contributed by atoms with E-state index in [1.54, 1.807) is 0 Å². The number of carbonyl (C=O) groups excluding carboxylic acids is 2. The maximum Gasteiger partial charge on any atom is 0.471 e. The van der Waals surface area contributed by atoms with Crippen LogP contribution in [0.15, 0.2) is 35.2 Å². The van der Waals surface area contributed by atoms with Crippen molar-refractivity contribution in [2.24, 2.45) is 0 Å². The number of nitrogens with one attached hydrogen (secondary N) is 1. The van der Waals surface area contributed by atoms with Crippen molar-refractivity contribution in [1.82, 2.24) is 25.1 Å². The van der Waals surface area contributed by atoms with Crippen LogP contribution < -0.4 is 5.32 Å². The summed E-state index contributed by atoms with van der Waals surface area (Å²) in [5, 5.41) is 5.43. The minimum atomic E-state index is -4.77. The molecule has 0 aliphatic rings. The number of amides is 1. The van der Waals surface area contributed by atoms with Crippen molar-refractivity contribution >= 4 is 18.0 Å². The lowest BCUT2D eigenvalue weighted by Crippen LogP contribution is -2.15. The van der Waals surface area contributed by atoms with Gasteiger partial charge in [-0.25, -0.2) is 24.5 Å². The van der Waals surface area contributed by atoms with Crippen LogP contribution in [0.3, 0.4) is 0 Å². The van der Waals surface area contributed by atoms with Gasteiger partial charge < -0.3 is 14.0 Å². The zero-order chi connectivity index (χ0) is 21.7. The summed E-state index contributed by atoms with van der Waals surface area (Å²) < 4.78 is 51.0. The molecule has 3 aromatic rings. The molecule has 3 rings (SSSR count). The monoisotopic (exact) mass is 424 g/mol. The van der Waals surface area contributed by atoms with Gasteiger partial charge >= 0.3 is 24.1 Å². The molecule has 0 radical (unpaired) electrons. The lowest BCUT2D eigenvalue weighted by Gasteiger charge is -2.06. The number of nitrogens with zero attached hydrogens (tertiary/aromatic N) is 5. The van der Waals surface area contributed by atoms with E-state index in [1.807, 2.05) is 0 Å². The predicted molar refractivity (Wildman–Crippen MR) is 89.7 cm³/mol. The van der Waals surface area contributed by atoms with Crippen molar-refractivity contribution in [3.05, 3.63) is 47.9 Å². The number of hydrogen-bond donors (Lipinski definition) is 1. The number of methoxy groups -OCH3 is 1. The Morgan fingerprint density at radius 2 is 1.87 bits per heavy atom. The topological polar surface area (TPSA) is 142 Å². The number of esters is 1. The Labute approximate surface area is 165 Å².